The normalized spacial score (nSPS) is 11.6. The van der Waals surface area contributed by atoms with E-state index < -0.39 is 21.5 Å². The summed E-state index contributed by atoms with van der Waals surface area (Å²) in [5.41, 5.74) is 6.26. The quantitative estimate of drug-likeness (QED) is 0.882. The molecule has 2 aromatic rings. The highest BCUT2D eigenvalue weighted by atomic mass is 32.2. The fraction of sp³-hybridized carbons (Fsp3) is 0.143. The van der Waals surface area contributed by atoms with Crippen molar-refractivity contribution in [2.45, 2.75) is 17.2 Å². The second-order valence-electron chi connectivity index (χ2n) is 4.38. The molecular formula is C14H13F2NO2S. The molecule has 0 unspecified atom stereocenters. The van der Waals surface area contributed by atoms with Gasteiger partial charge in [-0.15, -0.1) is 0 Å². The highest BCUT2D eigenvalue weighted by molar-refractivity contribution is 7.90. The van der Waals surface area contributed by atoms with Gasteiger partial charge in [-0.1, -0.05) is 6.07 Å². The third kappa shape index (κ3) is 3.40. The van der Waals surface area contributed by atoms with Gasteiger partial charge >= 0.3 is 0 Å². The van der Waals surface area contributed by atoms with Crippen LogP contribution in [0.15, 0.2) is 47.4 Å². The molecule has 3 nitrogen and oxygen atoms in total. The van der Waals surface area contributed by atoms with E-state index in [9.17, 15) is 17.2 Å². The summed E-state index contributed by atoms with van der Waals surface area (Å²) in [6.07, 6.45) is 0. The number of hydrogen-bond donors (Lipinski definition) is 1. The van der Waals surface area contributed by atoms with Crippen LogP contribution in [0.3, 0.4) is 0 Å². The average Bonchev–Trinajstić information content (AvgIpc) is 2.37. The van der Waals surface area contributed by atoms with Crippen molar-refractivity contribution in [2.24, 2.45) is 5.73 Å². The molecule has 0 saturated heterocycles. The molecule has 0 atom stereocenters. The maximum absolute atomic E-state index is 13.3. The zero-order valence-electron chi connectivity index (χ0n) is 10.5. The van der Waals surface area contributed by atoms with E-state index in [4.69, 9.17) is 5.73 Å². The van der Waals surface area contributed by atoms with E-state index in [1.807, 2.05) is 0 Å². The first-order valence-electron chi connectivity index (χ1n) is 5.87. The zero-order chi connectivity index (χ0) is 14.8. The van der Waals surface area contributed by atoms with Crippen LogP contribution in [0.2, 0.25) is 0 Å². The Morgan fingerprint density at radius 3 is 2.10 bits per heavy atom. The third-order valence-corrected chi connectivity index (χ3v) is 4.49. The van der Waals surface area contributed by atoms with E-state index >= 15 is 0 Å². The lowest BCUT2D eigenvalue weighted by Gasteiger charge is -2.07. The Balaban J connectivity index is 2.33. The van der Waals surface area contributed by atoms with Crippen LogP contribution < -0.4 is 5.73 Å². The summed E-state index contributed by atoms with van der Waals surface area (Å²) in [5.74, 6) is -1.40. The molecule has 0 spiro atoms. The van der Waals surface area contributed by atoms with Crippen LogP contribution >= 0.6 is 0 Å². The molecule has 0 fully saturated rings. The van der Waals surface area contributed by atoms with Crippen molar-refractivity contribution >= 4 is 9.84 Å². The van der Waals surface area contributed by atoms with Crippen LogP contribution in [0.25, 0.3) is 0 Å². The molecule has 0 saturated carbocycles. The number of nitrogens with two attached hydrogens (primary N) is 1. The van der Waals surface area contributed by atoms with Crippen LogP contribution in [0.4, 0.5) is 8.78 Å². The standard InChI is InChI=1S/C14H13F2NO2S/c15-12-1-3-14(4-2-12)20(18,19)9-11-5-10(8-17)6-13(16)7-11/h1-7H,8-9,17H2. The second kappa shape index (κ2) is 5.68. The first-order chi connectivity index (χ1) is 9.40. The molecule has 106 valence electrons. The fourth-order valence-corrected chi connectivity index (χ4v) is 3.19. The van der Waals surface area contributed by atoms with Gasteiger partial charge in [-0.2, -0.15) is 0 Å². The van der Waals surface area contributed by atoms with Crippen molar-refractivity contribution in [3.8, 4) is 0 Å². The van der Waals surface area contributed by atoms with Gasteiger partial charge in [-0.3, -0.25) is 0 Å². The van der Waals surface area contributed by atoms with Gasteiger partial charge in [0.15, 0.2) is 9.84 Å². The molecule has 20 heavy (non-hydrogen) atoms. The summed E-state index contributed by atoms with van der Waals surface area (Å²) in [6.45, 7) is 0.126. The highest BCUT2D eigenvalue weighted by Gasteiger charge is 2.16. The number of benzene rings is 2. The molecular weight excluding hydrogens is 284 g/mol. The number of rotatable bonds is 4. The molecule has 0 bridgehead atoms. The lowest BCUT2D eigenvalue weighted by molar-refractivity contribution is 0.593. The van der Waals surface area contributed by atoms with E-state index in [1.165, 1.54) is 18.2 Å². The van der Waals surface area contributed by atoms with Gasteiger partial charge in [0.05, 0.1) is 10.6 Å². The molecule has 6 heteroatoms. The fourth-order valence-electron chi connectivity index (χ4n) is 1.86. The molecule has 0 heterocycles. The van der Waals surface area contributed by atoms with Crippen LogP contribution in [-0.2, 0) is 22.1 Å². The van der Waals surface area contributed by atoms with Gasteiger partial charge in [-0.25, -0.2) is 17.2 Å². The minimum Gasteiger partial charge on any atom is -0.326 e. The molecule has 2 rings (SSSR count). The number of halogens is 2. The summed E-state index contributed by atoms with van der Waals surface area (Å²) in [4.78, 5) is -0.00235. The minimum absolute atomic E-state index is 0.00235. The first kappa shape index (κ1) is 14.6. The largest absolute Gasteiger partial charge is 0.326 e. The summed E-state index contributed by atoms with van der Waals surface area (Å²) < 4.78 is 50.4. The minimum atomic E-state index is -3.65. The Hall–Kier alpha value is -1.79. The second-order valence-corrected chi connectivity index (χ2v) is 6.37. The van der Waals surface area contributed by atoms with Gasteiger partial charge in [0.2, 0.25) is 0 Å². The Bertz CT molecular complexity index is 712. The molecule has 2 N–H and O–H groups in total. The van der Waals surface area contributed by atoms with Crippen molar-refractivity contribution < 1.29 is 17.2 Å². The highest BCUT2D eigenvalue weighted by Crippen LogP contribution is 2.18. The van der Waals surface area contributed by atoms with Crippen molar-refractivity contribution in [1.29, 1.82) is 0 Å². The molecule has 2 aromatic carbocycles. The van der Waals surface area contributed by atoms with Crippen LogP contribution in [0, 0.1) is 11.6 Å². The molecule has 0 aliphatic rings. The van der Waals surface area contributed by atoms with E-state index in [0.717, 1.165) is 18.2 Å². The van der Waals surface area contributed by atoms with Crippen LogP contribution in [0.1, 0.15) is 11.1 Å². The van der Waals surface area contributed by atoms with Gasteiger partial charge < -0.3 is 5.73 Å². The molecule has 0 aliphatic heterocycles. The predicted octanol–water partition coefficient (Wildman–Crippen LogP) is 2.40. The van der Waals surface area contributed by atoms with E-state index in [1.54, 1.807) is 6.07 Å². The van der Waals surface area contributed by atoms with E-state index in [0.29, 0.717) is 11.1 Å². The summed E-state index contributed by atoms with van der Waals surface area (Å²) in [5, 5.41) is 0. The maximum atomic E-state index is 13.3. The van der Waals surface area contributed by atoms with Gasteiger partial charge in [0, 0.05) is 6.54 Å². The first-order valence-corrected chi connectivity index (χ1v) is 7.53. The van der Waals surface area contributed by atoms with E-state index in [2.05, 4.69) is 0 Å². The molecule has 0 amide bonds. The van der Waals surface area contributed by atoms with Crippen molar-refractivity contribution in [2.75, 3.05) is 0 Å². The lowest BCUT2D eigenvalue weighted by Crippen LogP contribution is -2.06. The Morgan fingerprint density at radius 1 is 0.900 bits per heavy atom. The van der Waals surface area contributed by atoms with Gasteiger partial charge in [0.1, 0.15) is 11.6 Å². The summed E-state index contributed by atoms with van der Waals surface area (Å²) in [7, 11) is -3.65. The van der Waals surface area contributed by atoms with Crippen molar-refractivity contribution in [1.82, 2.24) is 0 Å². The Labute approximate surface area is 116 Å². The monoisotopic (exact) mass is 297 g/mol. The topological polar surface area (TPSA) is 60.2 Å². The average molecular weight is 297 g/mol. The van der Waals surface area contributed by atoms with Gasteiger partial charge in [-0.05, 0) is 47.5 Å². The smallest absolute Gasteiger partial charge is 0.182 e. The van der Waals surface area contributed by atoms with Crippen molar-refractivity contribution in [3.05, 3.63) is 65.2 Å². The summed E-state index contributed by atoms with van der Waals surface area (Å²) in [6, 6.07) is 8.48. The zero-order valence-corrected chi connectivity index (χ0v) is 11.3. The molecule has 0 radical (unpaired) electrons. The van der Waals surface area contributed by atoms with Crippen LogP contribution in [0.5, 0.6) is 0 Å². The number of sulfone groups is 1. The lowest BCUT2D eigenvalue weighted by atomic mass is 10.1. The molecule has 0 aromatic heterocycles. The molecule has 0 aliphatic carbocycles. The Morgan fingerprint density at radius 2 is 1.50 bits per heavy atom. The summed E-state index contributed by atoms with van der Waals surface area (Å²) >= 11 is 0. The SMILES string of the molecule is NCc1cc(F)cc(CS(=O)(=O)c2ccc(F)cc2)c1. The maximum Gasteiger partial charge on any atom is 0.182 e. The van der Waals surface area contributed by atoms with E-state index in [-0.39, 0.29) is 17.2 Å². The van der Waals surface area contributed by atoms with Crippen molar-refractivity contribution in [3.63, 3.8) is 0 Å². The Kier molecular flexibility index (Phi) is 4.15. The van der Waals surface area contributed by atoms with Gasteiger partial charge in [0.25, 0.3) is 0 Å². The third-order valence-electron chi connectivity index (χ3n) is 2.78. The number of hydrogen-bond acceptors (Lipinski definition) is 3. The predicted molar refractivity (Wildman–Crippen MR) is 71.6 cm³/mol. The van der Waals surface area contributed by atoms with Crippen LogP contribution in [-0.4, -0.2) is 8.42 Å².